The van der Waals surface area contributed by atoms with Gasteiger partial charge in [0.05, 0.1) is 18.2 Å². The number of carbonyl (C=O) groups is 1. The molecule has 1 aliphatic rings. The standard InChI is InChI=1S/C13H20N2O2S/c1-7-4-11(9(3)18-7)8(2)15-13(17)12-5-10(16)6-14-12/h4,8,10,12,14,16H,5-6H2,1-3H3,(H,15,17). The molecule has 0 aromatic carbocycles. The fourth-order valence-corrected chi connectivity index (χ4v) is 3.41. The summed E-state index contributed by atoms with van der Waals surface area (Å²) in [4.78, 5) is 14.5. The third kappa shape index (κ3) is 2.91. The molecule has 2 rings (SSSR count). The maximum absolute atomic E-state index is 12.0. The van der Waals surface area contributed by atoms with Gasteiger partial charge in [-0.25, -0.2) is 0 Å². The number of carbonyl (C=O) groups excluding carboxylic acids is 1. The summed E-state index contributed by atoms with van der Waals surface area (Å²) >= 11 is 1.75. The van der Waals surface area contributed by atoms with Crippen molar-refractivity contribution in [3.63, 3.8) is 0 Å². The van der Waals surface area contributed by atoms with Crippen LogP contribution in [0.3, 0.4) is 0 Å². The SMILES string of the molecule is Cc1cc(C(C)NC(=O)C2CC(O)CN2)c(C)s1. The van der Waals surface area contributed by atoms with Gasteiger partial charge in [-0.1, -0.05) is 0 Å². The highest BCUT2D eigenvalue weighted by Crippen LogP contribution is 2.26. The number of thiophene rings is 1. The number of aliphatic hydroxyl groups excluding tert-OH is 1. The molecule has 1 saturated heterocycles. The van der Waals surface area contributed by atoms with Crippen LogP contribution in [0.15, 0.2) is 6.07 Å². The smallest absolute Gasteiger partial charge is 0.237 e. The molecule has 1 aliphatic heterocycles. The molecule has 100 valence electrons. The lowest BCUT2D eigenvalue weighted by Gasteiger charge is -2.17. The molecule has 1 amide bonds. The predicted molar refractivity (Wildman–Crippen MR) is 72.8 cm³/mol. The zero-order chi connectivity index (χ0) is 13.3. The molecule has 3 N–H and O–H groups in total. The molecule has 18 heavy (non-hydrogen) atoms. The van der Waals surface area contributed by atoms with Gasteiger partial charge in [0.15, 0.2) is 0 Å². The van der Waals surface area contributed by atoms with Crippen molar-refractivity contribution in [2.75, 3.05) is 6.54 Å². The van der Waals surface area contributed by atoms with E-state index < -0.39 is 6.10 Å². The van der Waals surface area contributed by atoms with Gasteiger partial charge in [0.2, 0.25) is 5.91 Å². The van der Waals surface area contributed by atoms with Gasteiger partial charge in [-0.2, -0.15) is 0 Å². The van der Waals surface area contributed by atoms with E-state index in [4.69, 9.17) is 0 Å². The van der Waals surface area contributed by atoms with Crippen LogP contribution >= 0.6 is 11.3 Å². The second-order valence-corrected chi connectivity index (χ2v) is 6.41. The summed E-state index contributed by atoms with van der Waals surface area (Å²) in [6.45, 7) is 6.65. The molecule has 3 unspecified atom stereocenters. The largest absolute Gasteiger partial charge is 0.392 e. The number of aliphatic hydroxyl groups is 1. The Morgan fingerprint density at radius 3 is 2.83 bits per heavy atom. The van der Waals surface area contributed by atoms with Gasteiger partial charge in [-0.3, -0.25) is 4.79 Å². The monoisotopic (exact) mass is 268 g/mol. The Hall–Kier alpha value is -0.910. The lowest BCUT2D eigenvalue weighted by molar-refractivity contribution is -0.123. The van der Waals surface area contributed by atoms with Gasteiger partial charge in [0.1, 0.15) is 0 Å². The summed E-state index contributed by atoms with van der Waals surface area (Å²) in [7, 11) is 0. The van der Waals surface area contributed by atoms with E-state index >= 15 is 0 Å². The average molecular weight is 268 g/mol. The van der Waals surface area contributed by atoms with E-state index in [1.54, 1.807) is 11.3 Å². The number of aryl methyl sites for hydroxylation is 2. The van der Waals surface area contributed by atoms with Crippen LogP contribution in [0.5, 0.6) is 0 Å². The van der Waals surface area contributed by atoms with Crippen LogP contribution in [0.1, 0.15) is 34.7 Å². The fourth-order valence-electron chi connectivity index (χ4n) is 2.39. The molecule has 0 radical (unpaired) electrons. The number of rotatable bonds is 3. The fraction of sp³-hybridized carbons (Fsp3) is 0.615. The summed E-state index contributed by atoms with van der Waals surface area (Å²) in [6, 6.07) is 1.88. The van der Waals surface area contributed by atoms with Crippen molar-refractivity contribution in [2.24, 2.45) is 0 Å². The molecule has 0 bridgehead atoms. The minimum atomic E-state index is -0.402. The molecule has 0 aliphatic carbocycles. The Labute approximate surface area is 111 Å². The maximum Gasteiger partial charge on any atom is 0.237 e. The number of nitrogens with one attached hydrogen (secondary N) is 2. The summed E-state index contributed by atoms with van der Waals surface area (Å²) < 4.78 is 0. The highest BCUT2D eigenvalue weighted by molar-refractivity contribution is 7.12. The Bertz CT molecular complexity index is 444. The van der Waals surface area contributed by atoms with Gasteiger partial charge in [0, 0.05) is 16.3 Å². The summed E-state index contributed by atoms with van der Waals surface area (Å²) in [6.07, 6.45) is 0.0985. The molecule has 3 atom stereocenters. The van der Waals surface area contributed by atoms with E-state index in [1.807, 2.05) is 6.92 Å². The van der Waals surface area contributed by atoms with E-state index in [0.29, 0.717) is 13.0 Å². The molecule has 1 fully saturated rings. The molecular weight excluding hydrogens is 248 g/mol. The van der Waals surface area contributed by atoms with Crippen molar-refractivity contribution >= 4 is 17.2 Å². The number of hydrogen-bond acceptors (Lipinski definition) is 4. The molecule has 4 nitrogen and oxygen atoms in total. The summed E-state index contributed by atoms with van der Waals surface area (Å²) in [5, 5.41) is 15.4. The van der Waals surface area contributed by atoms with Crippen LogP contribution in [0.4, 0.5) is 0 Å². The van der Waals surface area contributed by atoms with Crippen molar-refractivity contribution in [1.82, 2.24) is 10.6 Å². The minimum absolute atomic E-state index is 0.0157. The zero-order valence-corrected chi connectivity index (χ0v) is 11.8. The highest BCUT2D eigenvalue weighted by Gasteiger charge is 2.29. The lowest BCUT2D eigenvalue weighted by atomic mass is 10.1. The predicted octanol–water partition coefficient (Wildman–Crippen LogP) is 1.26. The third-order valence-corrected chi connectivity index (χ3v) is 4.31. The van der Waals surface area contributed by atoms with Crippen LogP contribution in [0.25, 0.3) is 0 Å². The third-order valence-electron chi connectivity index (χ3n) is 3.33. The van der Waals surface area contributed by atoms with Gasteiger partial charge in [-0.05, 0) is 38.8 Å². The van der Waals surface area contributed by atoms with Crippen molar-refractivity contribution in [3.8, 4) is 0 Å². The van der Waals surface area contributed by atoms with Crippen LogP contribution in [0, 0.1) is 13.8 Å². The summed E-state index contributed by atoms with van der Waals surface area (Å²) in [5.41, 5.74) is 1.18. The number of hydrogen-bond donors (Lipinski definition) is 3. The van der Waals surface area contributed by atoms with Crippen molar-refractivity contribution < 1.29 is 9.90 Å². The Kier molecular flexibility index (Phi) is 4.04. The Morgan fingerprint density at radius 2 is 2.33 bits per heavy atom. The number of β-amino-alcohol motifs (C(OH)–C–C–N with tert-alkyl or cyclic N) is 1. The first-order valence-electron chi connectivity index (χ1n) is 6.26. The van der Waals surface area contributed by atoms with Crippen molar-refractivity contribution in [3.05, 3.63) is 21.4 Å². The van der Waals surface area contributed by atoms with Gasteiger partial charge < -0.3 is 15.7 Å². The molecule has 5 heteroatoms. The normalized spacial score (nSPS) is 25.1. The molecular formula is C13H20N2O2S. The van der Waals surface area contributed by atoms with Crippen molar-refractivity contribution in [1.29, 1.82) is 0 Å². The number of amides is 1. The second-order valence-electron chi connectivity index (χ2n) is 4.95. The van der Waals surface area contributed by atoms with Crippen LogP contribution in [-0.4, -0.2) is 29.7 Å². The average Bonchev–Trinajstić information content (AvgIpc) is 2.84. The Morgan fingerprint density at radius 1 is 1.61 bits per heavy atom. The van der Waals surface area contributed by atoms with E-state index in [9.17, 15) is 9.90 Å². The van der Waals surface area contributed by atoms with Crippen LogP contribution in [-0.2, 0) is 4.79 Å². The van der Waals surface area contributed by atoms with E-state index in [2.05, 4.69) is 30.5 Å². The first kappa shape index (κ1) is 13.5. The summed E-state index contributed by atoms with van der Waals surface area (Å²) in [5.74, 6) is -0.0256. The molecule has 1 aromatic rings. The molecule has 0 spiro atoms. The second kappa shape index (κ2) is 5.38. The molecule has 2 heterocycles. The first-order chi connectivity index (χ1) is 8.47. The lowest BCUT2D eigenvalue weighted by Crippen LogP contribution is -2.41. The van der Waals surface area contributed by atoms with Crippen LogP contribution in [0.2, 0.25) is 0 Å². The van der Waals surface area contributed by atoms with E-state index in [0.717, 1.165) is 0 Å². The van der Waals surface area contributed by atoms with E-state index in [-0.39, 0.29) is 18.0 Å². The zero-order valence-electron chi connectivity index (χ0n) is 11.0. The van der Waals surface area contributed by atoms with Gasteiger partial charge in [0.25, 0.3) is 0 Å². The topological polar surface area (TPSA) is 61.4 Å². The van der Waals surface area contributed by atoms with Gasteiger partial charge >= 0.3 is 0 Å². The minimum Gasteiger partial charge on any atom is -0.392 e. The molecule has 0 saturated carbocycles. The van der Waals surface area contributed by atoms with Crippen LogP contribution < -0.4 is 10.6 Å². The van der Waals surface area contributed by atoms with Crippen molar-refractivity contribution in [2.45, 2.75) is 45.4 Å². The van der Waals surface area contributed by atoms with E-state index in [1.165, 1.54) is 15.3 Å². The Balaban J connectivity index is 1.97. The first-order valence-corrected chi connectivity index (χ1v) is 7.07. The quantitative estimate of drug-likeness (QED) is 0.773. The van der Waals surface area contributed by atoms with Gasteiger partial charge in [-0.15, -0.1) is 11.3 Å². The highest BCUT2D eigenvalue weighted by atomic mass is 32.1. The maximum atomic E-state index is 12.0. The molecule has 1 aromatic heterocycles.